The molecule has 2 rings (SSSR count). The van der Waals surface area contributed by atoms with Crippen LogP contribution < -0.4 is 24.8 Å². The molecule has 2 aromatic rings. The maximum Gasteiger partial charge on any atom is 0.387 e. The van der Waals surface area contributed by atoms with E-state index in [9.17, 15) is 8.78 Å². The molecule has 1 unspecified atom stereocenters. The molecule has 0 aliphatic heterocycles. The van der Waals surface area contributed by atoms with Crippen molar-refractivity contribution in [1.82, 2.24) is 10.6 Å². The van der Waals surface area contributed by atoms with Crippen LogP contribution >= 0.6 is 0 Å². The molecular weight excluding hydrogens is 368 g/mol. The first kappa shape index (κ1) is 21.3. The Labute approximate surface area is 163 Å². The van der Waals surface area contributed by atoms with E-state index in [1.165, 1.54) is 6.07 Å². The smallest absolute Gasteiger partial charge is 0.387 e. The summed E-state index contributed by atoms with van der Waals surface area (Å²) < 4.78 is 40.7. The highest BCUT2D eigenvalue weighted by Crippen LogP contribution is 2.26. The highest BCUT2D eigenvalue weighted by atomic mass is 19.3. The van der Waals surface area contributed by atoms with Crippen molar-refractivity contribution in [3.8, 4) is 17.2 Å². The van der Waals surface area contributed by atoms with E-state index in [1.807, 2.05) is 31.2 Å². The molecule has 0 aliphatic rings. The molecule has 0 aromatic heterocycles. The van der Waals surface area contributed by atoms with Gasteiger partial charge in [-0.15, -0.1) is 0 Å². The highest BCUT2D eigenvalue weighted by Gasteiger charge is 2.11. The van der Waals surface area contributed by atoms with E-state index in [-0.39, 0.29) is 18.4 Å². The standard InChI is InChI=1S/C20H25F2N3O3/c1-14(27-18-11-7-6-10-17(18)26-3)12-24-20(23-2)25-13-15-8-4-5-9-16(15)28-19(21)22/h4-11,14,19H,12-13H2,1-3H3,(H2,23,24,25). The lowest BCUT2D eigenvalue weighted by molar-refractivity contribution is -0.0504. The molecule has 8 heteroatoms. The van der Waals surface area contributed by atoms with Crippen molar-refractivity contribution in [2.24, 2.45) is 4.99 Å². The van der Waals surface area contributed by atoms with Gasteiger partial charge in [0.05, 0.1) is 13.7 Å². The molecule has 0 saturated heterocycles. The highest BCUT2D eigenvalue weighted by molar-refractivity contribution is 5.79. The zero-order chi connectivity index (χ0) is 20.4. The summed E-state index contributed by atoms with van der Waals surface area (Å²) in [6, 6.07) is 14.0. The number of hydrogen-bond acceptors (Lipinski definition) is 4. The minimum absolute atomic E-state index is 0.133. The molecule has 0 saturated carbocycles. The third kappa shape index (κ3) is 6.61. The van der Waals surface area contributed by atoms with E-state index in [4.69, 9.17) is 9.47 Å². The fourth-order valence-corrected chi connectivity index (χ4v) is 2.48. The summed E-state index contributed by atoms with van der Waals surface area (Å²) in [5.41, 5.74) is 0.601. The van der Waals surface area contributed by atoms with Gasteiger partial charge in [-0.1, -0.05) is 30.3 Å². The molecule has 152 valence electrons. The van der Waals surface area contributed by atoms with Crippen LogP contribution in [0.5, 0.6) is 17.2 Å². The van der Waals surface area contributed by atoms with Crippen molar-refractivity contribution in [1.29, 1.82) is 0 Å². The summed E-state index contributed by atoms with van der Waals surface area (Å²) in [5, 5.41) is 6.22. The van der Waals surface area contributed by atoms with Gasteiger partial charge in [-0.3, -0.25) is 4.99 Å². The van der Waals surface area contributed by atoms with E-state index in [0.29, 0.717) is 29.6 Å². The van der Waals surface area contributed by atoms with Gasteiger partial charge in [0, 0.05) is 19.2 Å². The number of methoxy groups -OCH3 is 1. The van der Waals surface area contributed by atoms with Crippen LogP contribution in [0.3, 0.4) is 0 Å². The van der Waals surface area contributed by atoms with E-state index in [1.54, 1.807) is 32.4 Å². The number of para-hydroxylation sites is 3. The van der Waals surface area contributed by atoms with Gasteiger partial charge in [0.15, 0.2) is 17.5 Å². The first-order valence-corrected chi connectivity index (χ1v) is 8.80. The van der Waals surface area contributed by atoms with Crippen molar-refractivity contribution in [3.63, 3.8) is 0 Å². The minimum Gasteiger partial charge on any atom is -0.493 e. The second-order valence-corrected chi connectivity index (χ2v) is 5.87. The number of ether oxygens (including phenoxy) is 3. The first-order valence-electron chi connectivity index (χ1n) is 8.80. The molecule has 0 fully saturated rings. The molecule has 28 heavy (non-hydrogen) atoms. The zero-order valence-electron chi connectivity index (χ0n) is 16.1. The minimum atomic E-state index is -2.87. The van der Waals surface area contributed by atoms with Gasteiger partial charge in [0.2, 0.25) is 0 Å². The van der Waals surface area contributed by atoms with Crippen molar-refractivity contribution in [2.75, 3.05) is 20.7 Å². The summed E-state index contributed by atoms with van der Waals surface area (Å²) in [6.07, 6.45) is -0.163. The second kappa shape index (κ2) is 11.0. The lowest BCUT2D eigenvalue weighted by atomic mass is 10.2. The topological polar surface area (TPSA) is 64.1 Å². The molecular formula is C20H25F2N3O3. The third-order valence-electron chi connectivity index (χ3n) is 3.81. The number of benzene rings is 2. The Balaban J connectivity index is 1.86. The van der Waals surface area contributed by atoms with Crippen LogP contribution in [0, 0.1) is 0 Å². The number of alkyl halides is 2. The average Bonchev–Trinajstić information content (AvgIpc) is 2.69. The van der Waals surface area contributed by atoms with E-state index >= 15 is 0 Å². The fraction of sp³-hybridized carbons (Fsp3) is 0.350. The van der Waals surface area contributed by atoms with Gasteiger partial charge in [0.1, 0.15) is 11.9 Å². The van der Waals surface area contributed by atoms with E-state index in [0.717, 1.165) is 0 Å². The van der Waals surface area contributed by atoms with Crippen molar-refractivity contribution in [3.05, 3.63) is 54.1 Å². The van der Waals surface area contributed by atoms with Gasteiger partial charge in [-0.25, -0.2) is 0 Å². The van der Waals surface area contributed by atoms with Crippen LogP contribution in [0.15, 0.2) is 53.5 Å². The molecule has 2 aromatic carbocycles. The number of halogens is 2. The molecule has 0 heterocycles. The average molecular weight is 393 g/mol. The monoisotopic (exact) mass is 393 g/mol. The number of rotatable bonds is 9. The third-order valence-corrected chi connectivity index (χ3v) is 3.81. The fourth-order valence-electron chi connectivity index (χ4n) is 2.48. The van der Waals surface area contributed by atoms with Gasteiger partial charge in [-0.05, 0) is 25.1 Å². The summed E-state index contributed by atoms with van der Waals surface area (Å²) in [5.74, 6) is 1.96. The normalized spacial score (nSPS) is 12.4. The second-order valence-electron chi connectivity index (χ2n) is 5.87. The molecule has 6 nitrogen and oxygen atoms in total. The van der Waals surface area contributed by atoms with Crippen LogP contribution in [0.1, 0.15) is 12.5 Å². The molecule has 1 atom stereocenters. The van der Waals surface area contributed by atoms with Crippen LogP contribution in [-0.4, -0.2) is 39.4 Å². The Morgan fingerprint density at radius 2 is 1.61 bits per heavy atom. The predicted octanol–water partition coefficient (Wildman–Crippen LogP) is 3.43. The molecule has 0 amide bonds. The molecule has 0 aliphatic carbocycles. The van der Waals surface area contributed by atoms with Crippen LogP contribution in [0.25, 0.3) is 0 Å². The lowest BCUT2D eigenvalue weighted by Crippen LogP contribution is -2.41. The Kier molecular flexibility index (Phi) is 8.33. The number of hydrogen-bond donors (Lipinski definition) is 2. The quantitative estimate of drug-likeness (QED) is 0.505. The summed E-state index contributed by atoms with van der Waals surface area (Å²) >= 11 is 0. The van der Waals surface area contributed by atoms with Gasteiger partial charge in [0.25, 0.3) is 0 Å². The first-order chi connectivity index (χ1) is 13.5. The maximum atomic E-state index is 12.5. The van der Waals surface area contributed by atoms with Crippen molar-refractivity contribution < 1.29 is 23.0 Å². The maximum absolute atomic E-state index is 12.5. The molecule has 2 N–H and O–H groups in total. The molecule has 0 spiro atoms. The van der Waals surface area contributed by atoms with E-state index < -0.39 is 6.61 Å². The summed E-state index contributed by atoms with van der Waals surface area (Å²) in [6.45, 7) is -0.193. The SMILES string of the molecule is CN=C(NCc1ccccc1OC(F)F)NCC(C)Oc1ccccc1OC. The summed E-state index contributed by atoms with van der Waals surface area (Å²) in [7, 11) is 3.22. The van der Waals surface area contributed by atoms with Crippen LogP contribution in [0.4, 0.5) is 8.78 Å². The molecule has 0 bridgehead atoms. The Morgan fingerprint density at radius 3 is 2.25 bits per heavy atom. The zero-order valence-corrected chi connectivity index (χ0v) is 16.1. The number of nitrogens with zero attached hydrogens (tertiary/aromatic N) is 1. The molecule has 0 radical (unpaired) electrons. The Bertz CT molecular complexity index is 772. The Hall–Kier alpha value is -3.03. The van der Waals surface area contributed by atoms with Crippen LogP contribution in [0.2, 0.25) is 0 Å². The number of aliphatic imine (C=N–C) groups is 1. The summed E-state index contributed by atoms with van der Waals surface area (Å²) in [4.78, 5) is 4.13. The van der Waals surface area contributed by atoms with E-state index in [2.05, 4.69) is 20.4 Å². The van der Waals surface area contributed by atoms with Gasteiger partial charge < -0.3 is 24.8 Å². The Morgan fingerprint density at radius 1 is 0.964 bits per heavy atom. The number of nitrogens with one attached hydrogen (secondary N) is 2. The van der Waals surface area contributed by atoms with Gasteiger partial charge >= 0.3 is 6.61 Å². The lowest BCUT2D eigenvalue weighted by Gasteiger charge is -2.19. The number of guanidine groups is 1. The predicted molar refractivity (Wildman–Crippen MR) is 104 cm³/mol. The van der Waals surface area contributed by atoms with Crippen molar-refractivity contribution in [2.45, 2.75) is 26.2 Å². The largest absolute Gasteiger partial charge is 0.493 e. The van der Waals surface area contributed by atoms with Crippen LogP contribution in [-0.2, 0) is 6.54 Å². The van der Waals surface area contributed by atoms with Crippen molar-refractivity contribution >= 4 is 5.96 Å². The van der Waals surface area contributed by atoms with Gasteiger partial charge in [-0.2, -0.15) is 8.78 Å².